The first-order valence-electron chi connectivity index (χ1n) is 7.22. The van der Waals surface area contributed by atoms with Gasteiger partial charge in [0, 0.05) is 12.6 Å². The van der Waals surface area contributed by atoms with Crippen LogP contribution in [0.3, 0.4) is 0 Å². The minimum atomic E-state index is -0.513. The van der Waals surface area contributed by atoms with Gasteiger partial charge in [-0.3, -0.25) is 9.78 Å². The third-order valence-electron chi connectivity index (χ3n) is 4.11. The van der Waals surface area contributed by atoms with E-state index < -0.39 is 6.10 Å². The summed E-state index contributed by atoms with van der Waals surface area (Å²) < 4.78 is 0. The fourth-order valence-electron chi connectivity index (χ4n) is 2.67. The highest BCUT2D eigenvalue weighted by Crippen LogP contribution is 2.28. The number of pyridine rings is 1. The van der Waals surface area contributed by atoms with E-state index in [9.17, 15) is 9.90 Å². The van der Waals surface area contributed by atoms with Crippen molar-refractivity contribution in [2.75, 3.05) is 11.4 Å². The Kier molecular flexibility index (Phi) is 4.60. The lowest BCUT2D eigenvalue weighted by Crippen LogP contribution is -2.45. The van der Waals surface area contributed by atoms with Gasteiger partial charge in [-0.2, -0.15) is 0 Å². The molecule has 3 atom stereocenters. The number of hydrogen-bond donors (Lipinski definition) is 2. The van der Waals surface area contributed by atoms with Gasteiger partial charge in [0.25, 0.3) is 0 Å². The van der Waals surface area contributed by atoms with E-state index in [0.717, 1.165) is 18.5 Å². The molecule has 1 fully saturated rings. The van der Waals surface area contributed by atoms with Crippen LogP contribution >= 0.6 is 0 Å². The van der Waals surface area contributed by atoms with E-state index in [1.807, 2.05) is 19.1 Å². The predicted molar refractivity (Wildman–Crippen MR) is 78.2 cm³/mol. The highest BCUT2D eigenvalue weighted by molar-refractivity contribution is 5.77. The molecule has 1 aromatic heterocycles. The maximum Gasteiger partial charge on any atom is 0.222 e. The Balaban J connectivity index is 2.14. The number of carbonyl (C=O) groups excluding carboxylic acids is 1. The summed E-state index contributed by atoms with van der Waals surface area (Å²) in [6, 6.07) is 4.18. The summed E-state index contributed by atoms with van der Waals surface area (Å²) in [7, 11) is 0. The van der Waals surface area contributed by atoms with Crippen molar-refractivity contribution in [1.29, 1.82) is 0 Å². The Morgan fingerprint density at radius 3 is 2.85 bits per heavy atom. The van der Waals surface area contributed by atoms with Crippen molar-refractivity contribution in [3.8, 4) is 0 Å². The van der Waals surface area contributed by atoms with E-state index in [-0.39, 0.29) is 11.8 Å². The smallest absolute Gasteiger partial charge is 0.222 e. The fourth-order valence-corrected chi connectivity index (χ4v) is 2.67. The quantitative estimate of drug-likeness (QED) is 0.876. The molecule has 0 spiro atoms. The third-order valence-corrected chi connectivity index (χ3v) is 4.11. The van der Waals surface area contributed by atoms with E-state index in [1.165, 1.54) is 0 Å². The van der Waals surface area contributed by atoms with Crippen LogP contribution in [0.25, 0.3) is 0 Å². The Morgan fingerprint density at radius 1 is 1.55 bits per heavy atom. The zero-order valence-electron chi connectivity index (χ0n) is 12.1. The van der Waals surface area contributed by atoms with Gasteiger partial charge in [-0.15, -0.1) is 0 Å². The molecule has 0 saturated carbocycles. The summed E-state index contributed by atoms with van der Waals surface area (Å²) >= 11 is 0. The van der Waals surface area contributed by atoms with Crippen molar-refractivity contribution in [1.82, 2.24) is 4.98 Å². The van der Waals surface area contributed by atoms with Crippen LogP contribution in [0, 0.1) is 5.92 Å². The number of amides is 1. The van der Waals surface area contributed by atoms with E-state index >= 15 is 0 Å². The lowest BCUT2D eigenvalue weighted by atomic mass is 9.92. The van der Waals surface area contributed by atoms with Gasteiger partial charge in [0.2, 0.25) is 5.91 Å². The van der Waals surface area contributed by atoms with Crippen molar-refractivity contribution >= 4 is 11.6 Å². The molecule has 0 radical (unpaired) electrons. The second kappa shape index (κ2) is 6.22. The number of aliphatic hydroxyl groups is 1. The summed E-state index contributed by atoms with van der Waals surface area (Å²) in [6.45, 7) is 4.71. The van der Waals surface area contributed by atoms with Crippen LogP contribution in [0.4, 0.5) is 5.69 Å². The van der Waals surface area contributed by atoms with Gasteiger partial charge in [0.15, 0.2) is 0 Å². The molecular formula is C15H23N3O2. The van der Waals surface area contributed by atoms with Gasteiger partial charge >= 0.3 is 0 Å². The maximum atomic E-state index is 11.4. The largest absolute Gasteiger partial charge is 0.387 e. The highest BCUT2D eigenvalue weighted by Gasteiger charge is 2.28. The van der Waals surface area contributed by atoms with Crippen LogP contribution in [-0.4, -0.2) is 28.6 Å². The summed E-state index contributed by atoms with van der Waals surface area (Å²) in [6.07, 6.45) is 3.71. The van der Waals surface area contributed by atoms with Crippen LogP contribution in [0.1, 0.15) is 44.9 Å². The van der Waals surface area contributed by atoms with Gasteiger partial charge in [0.05, 0.1) is 29.6 Å². The topological polar surface area (TPSA) is 79.5 Å². The molecule has 20 heavy (non-hydrogen) atoms. The van der Waals surface area contributed by atoms with Crippen molar-refractivity contribution in [2.24, 2.45) is 11.7 Å². The molecule has 1 amide bonds. The number of carbonyl (C=O) groups is 1. The second-order valence-electron chi connectivity index (χ2n) is 5.54. The Morgan fingerprint density at radius 2 is 2.30 bits per heavy atom. The molecule has 110 valence electrons. The molecule has 0 aromatic carbocycles. The normalized spacial score (nSPS) is 24.4. The predicted octanol–water partition coefficient (Wildman–Crippen LogP) is 1.62. The lowest BCUT2D eigenvalue weighted by Gasteiger charge is -2.38. The molecule has 3 unspecified atom stereocenters. The SMILES string of the molecule is CCC(O)c1ccc(N2CC(C(N)=O)CCC2C)cn1. The Bertz CT molecular complexity index is 461. The second-order valence-corrected chi connectivity index (χ2v) is 5.54. The number of nitrogens with two attached hydrogens (primary N) is 1. The summed E-state index contributed by atoms with van der Waals surface area (Å²) in [4.78, 5) is 17.9. The number of nitrogens with zero attached hydrogens (tertiary/aromatic N) is 2. The Hall–Kier alpha value is -1.62. The van der Waals surface area contributed by atoms with Gasteiger partial charge in [-0.25, -0.2) is 0 Å². The minimum absolute atomic E-state index is 0.0906. The van der Waals surface area contributed by atoms with Gasteiger partial charge in [-0.1, -0.05) is 6.92 Å². The standard InChI is InChI=1S/C15H23N3O2/c1-3-14(19)13-7-6-12(8-17-13)18-9-11(15(16)20)5-4-10(18)2/h6-8,10-11,14,19H,3-5,9H2,1-2H3,(H2,16,20). The number of aromatic nitrogens is 1. The van der Waals surface area contributed by atoms with E-state index in [2.05, 4.69) is 16.8 Å². The molecule has 1 aromatic rings. The average Bonchev–Trinajstić information content (AvgIpc) is 2.47. The summed E-state index contributed by atoms with van der Waals surface area (Å²) in [5.41, 5.74) is 7.09. The zero-order valence-corrected chi connectivity index (χ0v) is 12.1. The van der Waals surface area contributed by atoms with Crippen molar-refractivity contribution in [2.45, 2.75) is 45.3 Å². The molecule has 2 heterocycles. The lowest BCUT2D eigenvalue weighted by molar-refractivity contribution is -0.122. The average molecular weight is 277 g/mol. The molecule has 3 N–H and O–H groups in total. The number of piperidine rings is 1. The molecule has 0 aliphatic carbocycles. The molecule has 1 aliphatic rings. The monoisotopic (exact) mass is 277 g/mol. The van der Waals surface area contributed by atoms with Crippen LogP contribution in [0.15, 0.2) is 18.3 Å². The van der Waals surface area contributed by atoms with Crippen LogP contribution in [0.5, 0.6) is 0 Å². The summed E-state index contributed by atoms with van der Waals surface area (Å²) in [5.74, 6) is -0.319. The molecule has 5 heteroatoms. The number of hydrogen-bond acceptors (Lipinski definition) is 4. The third kappa shape index (κ3) is 3.10. The van der Waals surface area contributed by atoms with E-state index in [4.69, 9.17) is 5.73 Å². The molecule has 1 aliphatic heterocycles. The molecule has 5 nitrogen and oxygen atoms in total. The maximum absolute atomic E-state index is 11.4. The van der Waals surface area contributed by atoms with E-state index in [1.54, 1.807) is 6.20 Å². The minimum Gasteiger partial charge on any atom is -0.387 e. The Labute approximate surface area is 119 Å². The van der Waals surface area contributed by atoms with Gasteiger partial charge in [0.1, 0.15) is 0 Å². The molecule has 1 saturated heterocycles. The van der Waals surface area contributed by atoms with Gasteiger partial charge < -0.3 is 15.7 Å². The highest BCUT2D eigenvalue weighted by atomic mass is 16.3. The van der Waals surface area contributed by atoms with Crippen LogP contribution < -0.4 is 10.6 Å². The zero-order chi connectivity index (χ0) is 14.7. The molecule has 2 rings (SSSR count). The first kappa shape index (κ1) is 14.8. The summed E-state index contributed by atoms with van der Waals surface area (Å²) in [5, 5.41) is 9.76. The number of aliphatic hydroxyl groups excluding tert-OH is 1. The van der Waals surface area contributed by atoms with Crippen molar-refractivity contribution in [3.63, 3.8) is 0 Å². The van der Waals surface area contributed by atoms with Crippen molar-refractivity contribution < 1.29 is 9.90 Å². The first-order chi connectivity index (χ1) is 9.52. The molecule has 0 bridgehead atoms. The van der Waals surface area contributed by atoms with E-state index in [0.29, 0.717) is 24.7 Å². The molecular weight excluding hydrogens is 254 g/mol. The first-order valence-corrected chi connectivity index (χ1v) is 7.22. The van der Waals surface area contributed by atoms with Crippen LogP contribution in [0.2, 0.25) is 0 Å². The van der Waals surface area contributed by atoms with Crippen molar-refractivity contribution in [3.05, 3.63) is 24.0 Å². The number of primary amides is 1. The van der Waals surface area contributed by atoms with Crippen LogP contribution in [-0.2, 0) is 4.79 Å². The van der Waals surface area contributed by atoms with Gasteiger partial charge in [-0.05, 0) is 38.3 Å². The number of rotatable bonds is 4. The number of anilines is 1. The fraction of sp³-hybridized carbons (Fsp3) is 0.600.